The minimum Gasteiger partial charge on any atom is -0.392 e. The molecule has 0 amide bonds. The van der Waals surface area contributed by atoms with Gasteiger partial charge in [0.2, 0.25) is 5.69 Å². The standard InChI is InChI=1S/C55H51N3O/c1-33(2)37-23-26-46(43(29-37)36-21-24-39(25-22-36)53(4,5)6)57-47-15-12-14-41-44-31-40(54(7,8)9)32-45-48-30-38(35-19-17-34(3)18-20-35)27-28-56(48)55(50(44)45)58(51(41)47)52(57)42-13-10-11-16-49(42)59-55/h10-33H,1-9H3/q+2/i3D3,17D,18D,19D,20D,27D,28D,30D,33D. The van der Waals surface area contributed by atoms with E-state index in [4.69, 9.17) is 15.7 Å². The van der Waals surface area contributed by atoms with Gasteiger partial charge in [-0.15, -0.1) is 9.13 Å². The maximum Gasteiger partial charge on any atom is 0.499 e. The number of pyridine rings is 1. The minimum absolute atomic E-state index is 0.0832. The van der Waals surface area contributed by atoms with Gasteiger partial charge in [-0.1, -0.05) is 134 Å². The molecule has 1 atom stereocenters. The molecule has 1 unspecified atom stereocenters. The fourth-order valence-corrected chi connectivity index (χ4v) is 9.22. The lowest BCUT2D eigenvalue weighted by Gasteiger charge is -2.32. The second-order valence-electron chi connectivity index (χ2n) is 18.3. The van der Waals surface area contributed by atoms with Crippen molar-refractivity contribution in [1.29, 1.82) is 0 Å². The van der Waals surface area contributed by atoms with Crippen molar-refractivity contribution >= 4 is 11.0 Å². The van der Waals surface area contributed by atoms with E-state index in [9.17, 15) is 4.11 Å². The summed E-state index contributed by atoms with van der Waals surface area (Å²) in [6.45, 7) is 13.6. The van der Waals surface area contributed by atoms with Crippen LogP contribution in [0.2, 0.25) is 0 Å². The molecule has 8 aromatic rings. The van der Waals surface area contributed by atoms with Crippen LogP contribution in [-0.2, 0) is 16.7 Å². The second-order valence-corrected chi connectivity index (χ2v) is 18.3. The van der Waals surface area contributed by atoms with Crippen LogP contribution in [0.4, 0.5) is 0 Å². The van der Waals surface area contributed by atoms with E-state index in [1.54, 1.807) is 4.57 Å². The predicted molar refractivity (Wildman–Crippen MR) is 240 cm³/mol. The Hall–Kier alpha value is -6.26. The molecule has 0 saturated carbocycles. The monoisotopic (exact) mass is 780 g/mol. The van der Waals surface area contributed by atoms with Crippen LogP contribution in [0.1, 0.15) is 104 Å². The van der Waals surface area contributed by atoms with Crippen LogP contribution in [0.5, 0.6) is 5.75 Å². The first kappa shape index (κ1) is 26.0. The lowest BCUT2D eigenvalue weighted by atomic mass is 9.80. The van der Waals surface area contributed by atoms with Gasteiger partial charge in [-0.25, -0.2) is 0 Å². The Morgan fingerprint density at radius 2 is 1.42 bits per heavy atom. The maximum absolute atomic E-state index is 10.2. The smallest absolute Gasteiger partial charge is 0.392 e. The number of aromatic nitrogens is 3. The lowest BCUT2D eigenvalue weighted by Crippen LogP contribution is -2.78. The molecule has 3 aliphatic heterocycles. The quantitative estimate of drug-likeness (QED) is 0.163. The fraction of sp³-hybridized carbons (Fsp3) is 0.236. The molecular weight excluding hydrogens is 719 g/mol. The first-order valence-corrected chi connectivity index (χ1v) is 20.2. The van der Waals surface area contributed by atoms with Crippen LogP contribution in [0, 0.1) is 6.85 Å². The molecule has 0 N–H and O–H groups in total. The van der Waals surface area contributed by atoms with Crippen LogP contribution in [-0.4, -0.2) is 4.57 Å². The van der Waals surface area contributed by atoms with Gasteiger partial charge in [0.05, 0.1) is 13.8 Å². The normalized spacial score (nSPS) is 18.9. The number of fused-ring (bicyclic) bond motifs is 5. The summed E-state index contributed by atoms with van der Waals surface area (Å²) < 4.78 is 113. The molecule has 1 spiro atoms. The molecule has 11 rings (SSSR count). The van der Waals surface area contributed by atoms with Crippen molar-refractivity contribution in [2.45, 2.75) is 84.8 Å². The molecule has 4 heteroatoms. The molecule has 0 bridgehead atoms. The van der Waals surface area contributed by atoms with Gasteiger partial charge < -0.3 is 4.74 Å². The number of hydrogen-bond donors (Lipinski definition) is 0. The summed E-state index contributed by atoms with van der Waals surface area (Å²) in [5, 5.41) is 0. The third-order valence-corrected chi connectivity index (χ3v) is 12.3. The van der Waals surface area contributed by atoms with E-state index in [0.29, 0.717) is 22.7 Å². The number of imidazole rings is 1. The molecule has 0 saturated heterocycles. The van der Waals surface area contributed by atoms with E-state index in [-0.39, 0.29) is 22.7 Å². The van der Waals surface area contributed by atoms with Crippen LogP contribution in [0.25, 0.3) is 72.7 Å². The summed E-state index contributed by atoms with van der Waals surface area (Å²) in [7, 11) is 0. The first-order valence-electron chi connectivity index (χ1n) is 25.7. The van der Waals surface area contributed by atoms with E-state index in [0.717, 1.165) is 55.7 Å². The van der Waals surface area contributed by atoms with Crippen molar-refractivity contribution in [2.75, 3.05) is 0 Å². The average molecular weight is 781 g/mol. The van der Waals surface area contributed by atoms with Gasteiger partial charge >= 0.3 is 11.7 Å². The Balaban J connectivity index is 1.32. The van der Waals surface area contributed by atoms with Crippen LogP contribution in [0.15, 0.2) is 139 Å². The first-order chi connectivity index (χ1) is 32.7. The van der Waals surface area contributed by atoms with Crippen molar-refractivity contribution in [3.05, 3.63) is 167 Å². The SMILES string of the molecule is [2H]c1c([2H])c(C([2H])([2H])[2H])c([2H])c([2H])c1-c1c([2H])c([2H])[n+]2c(c1[2H])-c1cc(C(C)(C)C)cc3c1C21Oc2ccccc2-c2n(-c4ccc(C([2H])(C)C)cc4-c4ccc(C(C)(C)C)cc4)c4cccc-3c4[n+]21. The molecule has 3 aliphatic rings. The summed E-state index contributed by atoms with van der Waals surface area (Å²) in [5.41, 5.74) is 8.91. The van der Waals surface area contributed by atoms with Crippen molar-refractivity contribution in [3.63, 3.8) is 0 Å². The van der Waals surface area contributed by atoms with Crippen molar-refractivity contribution in [1.82, 2.24) is 4.57 Å². The van der Waals surface area contributed by atoms with E-state index in [1.165, 1.54) is 5.56 Å². The van der Waals surface area contributed by atoms with E-state index >= 15 is 0 Å². The molecule has 290 valence electrons. The van der Waals surface area contributed by atoms with Gasteiger partial charge in [0.25, 0.3) is 0 Å². The highest BCUT2D eigenvalue weighted by molar-refractivity contribution is 5.98. The average Bonchev–Trinajstić information content (AvgIpc) is 3.79. The zero-order valence-electron chi connectivity index (χ0n) is 45.5. The van der Waals surface area contributed by atoms with Crippen LogP contribution >= 0.6 is 0 Å². The van der Waals surface area contributed by atoms with Gasteiger partial charge in [-0.3, -0.25) is 0 Å². The third-order valence-electron chi connectivity index (χ3n) is 12.3. The van der Waals surface area contributed by atoms with Gasteiger partial charge in [0, 0.05) is 34.3 Å². The molecule has 5 heterocycles. The number of benzene rings is 6. The zero-order valence-corrected chi connectivity index (χ0v) is 34.5. The van der Waals surface area contributed by atoms with E-state index in [1.807, 2.05) is 56.3 Å². The van der Waals surface area contributed by atoms with Crippen molar-refractivity contribution in [3.8, 4) is 67.5 Å². The molecule has 2 aromatic heterocycles. The van der Waals surface area contributed by atoms with Gasteiger partial charge in [0.15, 0.2) is 17.2 Å². The van der Waals surface area contributed by atoms with Crippen LogP contribution < -0.4 is 13.9 Å². The Kier molecular flexibility index (Phi) is 5.34. The van der Waals surface area contributed by atoms with E-state index in [2.05, 4.69) is 105 Å². The number of ether oxygens (including phenoxy) is 1. The lowest BCUT2D eigenvalue weighted by molar-refractivity contribution is -0.997. The molecule has 59 heavy (non-hydrogen) atoms. The highest BCUT2D eigenvalue weighted by Gasteiger charge is 2.68. The fourth-order valence-electron chi connectivity index (χ4n) is 9.22. The summed E-state index contributed by atoms with van der Waals surface area (Å²) in [6.07, 6.45) is -0.419. The predicted octanol–water partition coefficient (Wildman–Crippen LogP) is 12.8. The maximum atomic E-state index is 10.2. The van der Waals surface area contributed by atoms with Gasteiger partial charge in [-0.2, -0.15) is 4.57 Å². The van der Waals surface area contributed by atoms with Gasteiger partial charge in [0.1, 0.15) is 23.9 Å². The van der Waals surface area contributed by atoms with Crippen molar-refractivity contribution in [2.24, 2.45) is 0 Å². The van der Waals surface area contributed by atoms with E-state index < -0.39 is 71.5 Å². The number of nitrogens with zero attached hydrogens (tertiary/aromatic N) is 3. The molecule has 0 aliphatic carbocycles. The molecule has 6 aromatic carbocycles. The summed E-state index contributed by atoms with van der Waals surface area (Å²) in [5.74, 6) is -1.51. The topological polar surface area (TPSA) is 21.9 Å². The Morgan fingerprint density at radius 1 is 0.695 bits per heavy atom. The van der Waals surface area contributed by atoms with Crippen LogP contribution in [0.3, 0.4) is 0 Å². The summed E-state index contributed by atoms with van der Waals surface area (Å²) >= 11 is 0. The Bertz CT molecular complexity index is 3620. The van der Waals surface area contributed by atoms with Gasteiger partial charge in [-0.05, 0) is 105 Å². The molecule has 4 nitrogen and oxygen atoms in total. The number of rotatable bonds is 4. The Labute approximate surface area is 363 Å². The largest absolute Gasteiger partial charge is 0.499 e. The molecule has 0 fully saturated rings. The zero-order chi connectivity index (χ0) is 50.3. The highest BCUT2D eigenvalue weighted by atomic mass is 16.5. The number of hydrogen-bond acceptors (Lipinski definition) is 1. The highest BCUT2D eigenvalue weighted by Crippen LogP contribution is 2.54. The van der Waals surface area contributed by atoms with Crippen molar-refractivity contribution < 1.29 is 28.9 Å². The summed E-state index contributed by atoms with van der Waals surface area (Å²) in [6, 6.07) is 28.9. The number of para-hydroxylation sites is 2. The Morgan fingerprint density at radius 3 is 2.15 bits per heavy atom. The molecule has 0 radical (unpaired) electrons. The summed E-state index contributed by atoms with van der Waals surface area (Å²) in [4.78, 5) is 0. The molecular formula is C55H51N3O+2. The third kappa shape index (κ3) is 5.02. The minimum atomic E-state index is -2.97. The second kappa shape index (κ2) is 12.1.